The lowest BCUT2D eigenvalue weighted by Crippen LogP contribution is -1.94. The summed E-state index contributed by atoms with van der Waals surface area (Å²) in [4.78, 5) is 0. The zero-order valence-electron chi connectivity index (χ0n) is 6.18. The number of hydrogen-bond donors (Lipinski definition) is 0. The van der Waals surface area contributed by atoms with Gasteiger partial charge in [-0.15, -0.1) is 0 Å². The first kappa shape index (κ1) is 7.07. The van der Waals surface area contributed by atoms with E-state index >= 15 is 0 Å². The third-order valence-electron chi connectivity index (χ3n) is 1.67. The van der Waals surface area contributed by atoms with Crippen molar-refractivity contribution in [2.24, 2.45) is 0 Å². The molecule has 9 heavy (non-hydrogen) atoms. The lowest BCUT2D eigenvalue weighted by molar-refractivity contribution is 1.11. The molecule has 0 amide bonds. The van der Waals surface area contributed by atoms with E-state index in [-0.39, 0.29) is 0 Å². The van der Waals surface area contributed by atoms with Gasteiger partial charge in [0, 0.05) is 0 Å². The topological polar surface area (TPSA) is 0 Å². The normalized spacial score (nSPS) is 26.9. The minimum atomic E-state index is 0.626. The Labute approximate surface area is 59.9 Å². The van der Waals surface area contributed by atoms with Gasteiger partial charge in [0.1, 0.15) is 0 Å². The summed E-state index contributed by atoms with van der Waals surface area (Å²) in [6, 6.07) is 0. The third-order valence-corrected chi connectivity index (χ3v) is 3.67. The fraction of sp³-hybridized carbons (Fsp3) is 0.625. The molecular weight excluding hydrogens is 128 g/mol. The molecule has 0 bridgehead atoms. The van der Waals surface area contributed by atoms with E-state index in [1.165, 1.54) is 17.9 Å². The number of rotatable bonds is 1. The largest absolute Gasteiger partial charge is 0.186 e. The Kier molecular flexibility index (Phi) is 2.52. The molecule has 0 saturated heterocycles. The van der Waals surface area contributed by atoms with Gasteiger partial charge in [-0.3, -0.25) is 0 Å². The van der Waals surface area contributed by atoms with E-state index in [0.29, 0.717) is 10.5 Å². The number of hydrogen-bond acceptors (Lipinski definition) is 0. The maximum Gasteiger partial charge on any atom is -0.00799 e. The lowest BCUT2D eigenvalue weighted by atomic mass is 10.2. The van der Waals surface area contributed by atoms with Crippen molar-refractivity contribution in [3.05, 3.63) is 11.6 Å². The van der Waals surface area contributed by atoms with Gasteiger partial charge < -0.3 is 0 Å². The molecule has 0 aliphatic carbocycles. The zero-order chi connectivity index (χ0) is 6.69. The highest BCUT2D eigenvalue weighted by molar-refractivity contribution is 8.15. The summed E-state index contributed by atoms with van der Waals surface area (Å²) in [5, 5.41) is 2.37. The summed E-state index contributed by atoms with van der Waals surface area (Å²) in [5.41, 5.74) is 1.55. The molecule has 0 radical (unpaired) electrons. The Bertz CT molecular complexity index is 154. The smallest absolute Gasteiger partial charge is 0.00799 e. The molecule has 1 unspecified atom stereocenters. The van der Waals surface area contributed by atoms with E-state index in [9.17, 15) is 0 Å². The van der Waals surface area contributed by atoms with Crippen LogP contribution in [0.3, 0.4) is 0 Å². The first-order valence-electron chi connectivity index (χ1n) is 3.50. The van der Waals surface area contributed by atoms with Crippen LogP contribution in [0.1, 0.15) is 20.3 Å². The van der Waals surface area contributed by atoms with Gasteiger partial charge in [-0.2, -0.15) is 10.5 Å². The van der Waals surface area contributed by atoms with Crippen molar-refractivity contribution in [2.75, 3.05) is 11.5 Å². The van der Waals surface area contributed by atoms with Gasteiger partial charge in [0.15, 0.2) is 0 Å². The van der Waals surface area contributed by atoms with E-state index in [4.69, 9.17) is 0 Å². The van der Waals surface area contributed by atoms with Crippen molar-refractivity contribution >= 4 is 15.9 Å². The fourth-order valence-corrected chi connectivity index (χ4v) is 2.52. The first-order chi connectivity index (χ1) is 4.33. The fourth-order valence-electron chi connectivity index (χ4n) is 0.896. The molecule has 52 valence electrons. The van der Waals surface area contributed by atoms with Gasteiger partial charge in [-0.25, -0.2) is 0 Å². The molecule has 0 aromatic heterocycles. The average molecular weight is 142 g/mol. The molecule has 1 rings (SSSR count). The quantitative estimate of drug-likeness (QED) is 0.493. The summed E-state index contributed by atoms with van der Waals surface area (Å²) in [6.07, 6.45) is 3.61. The van der Waals surface area contributed by atoms with Gasteiger partial charge >= 0.3 is 0 Å². The molecule has 0 aromatic carbocycles. The Hall–Kier alpha value is -0.0400. The van der Waals surface area contributed by atoms with Crippen LogP contribution < -0.4 is 0 Å². The van der Waals surface area contributed by atoms with Gasteiger partial charge in [0.2, 0.25) is 0 Å². The molecule has 1 heteroatoms. The monoisotopic (exact) mass is 142 g/mol. The van der Waals surface area contributed by atoms with Gasteiger partial charge in [0.25, 0.3) is 0 Å². The van der Waals surface area contributed by atoms with Crippen molar-refractivity contribution < 1.29 is 0 Å². The predicted molar refractivity (Wildman–Crippen MR) is 47.4 cm³/mol. The highest BCUT2D eigenvalue weighted by Crippen LogP contribution is 2.19. The van der Waals surface area contributed by atoms with Crippen LogP contribution in [0.4, 0.5) is 0 Å². The Morgan fingerprint density at radius 1 is 1.67 bits per heavy atom. The molecular formula is C8H14S. The number of allylic oxidation sites excluding steroid dienone is 2. The Balaban J connectivity index is 2.59. The van der Waals surface area contributed by atoms with E-state index in [2.05, 4.69) is 25.3 Å². The van der Waals surface area contributed by atoms with Crippen molar-refractivity contribution in [3.8, 4) is 0 Å². The first-order valence-corrected chi connectivity index (χ1v) is 5.12. The molecule has 0 N–H and O–H groups in total. The molecule has 1 aliphatic heterocycles. The van der Waals surface area contributed by atoms with E-state index < -0.39 is 0 Å². The third kappa shape index (κ3) is 1.98. The minimum Gasteiger partial charge on any atom is -0.186 e. The van der Waals surface area contributed by atoms with Gasteiger partial charge in [0.05, 0.1) is 0 Å². The summed E-state index contributed by atoms with van der Waals surface area (Å²) >= 11 is 0. The standard InChI is InChI=1S/C8H14S/c1-3-9-6-4-8(2)5-7-9/h4,6H,3,5,7H2,1-2H3. The minimum absolute atomic E-state index is 0.626. The van der Waals surface area contributed by atoms with Crippen LogP contribution in [0.5, 0.6) is 0 Å². The van der Waals surface area contributed by atoms with Crippen LogP contribution >= 0.6 is 10.5 Å². The Morgan fingerprint density at radius 2 is 2.44 bits per heavy atom. The van der Waals surface area contributed by atoms with Gasteiger partial charge in [-0.1, -0.05) is 18.6 Å². The van der Waals surface area contributed by atoms with Crippen LogP contribution in [0, 0.1) is 0 Å². The van der Waals surface area contributed by atoms with E-state index in [1.807, 2.05) is 0 Å². The average Bonchev–Trinajstić information content (AvgIpc) is 1.90. The van der Waals surface area contributed by atoms with Gasteiger partial charge in [-0.05, 0) is 30.2 Å². The molecule has 0 saturated carbocycles. The maximum absolute atomic E-state index is 2.37. The van der Waals surface area contributed by atoms with E-state index in [0.717, 1.165) is 0 Å². The summed E-state index contributed by atoms with van der Waals surface area (Å²) in [6.45, 7) is 4.49. The molecule has 1 atom stereocenters. The van der Waals surface area contributed by atoms with Crippen molar-refractivity contribution in [2.45, 2.75) is 20.3 Å². The molecule has 0 fully saturated rings. The predicted octanol–water partition coefficient (Wildman–Crippen LogP) is 2.43. The van der Waals surface area contributed by atoms with Crippen LogP contribution in [0.2, 0.25) is 0 Å². The molecule has 0 aromatic rings. The zero-order valence-corrected chi connectivity index (χ0v) is 7.00. The summed E-state index contributed by atoms with van der Waals surface area (Å²) in [5.74, 6) is 2.74. The highest BCUT2D eigenvalue weighted by atomic mass is 32.2. The van der Waals surface area contributed by atoms with Crippen LogP contribution in [0.15, 0.2) is 11.6 Å². The second-order valence-corrected chi connectivity index (χ2v) is 4.76. The van der Waals surface area contributed by atoms with Crippen molar-refractivity contribution in [1.82, 2.24) is 0 Å². The summed E-state index contributed by atoms with van der Waals surface area (Å²) in [7, 11) is 0.626. The SMILES string of the molecule is CCS1=CC=C(C)CC1. The van der Waals surface area contributed by atoms with Crippen LogP contribution in [0.25, 0.3) is 0 Å². The van der Waals surface area contributed by atoms with Crippen molar-refractivity contribution in [3.63, 3.8) is 0 Å². The molecule has 0 spiro atoms. The molecule has 0 nitrogen and oxygen atoms in total. The molecule has 1 aliphatic rings. The van der Waals surface area contributed by atoms with Crippen LogP contribution in [-0.2, 0) is 0 Å². The second-order valence-electron chi connectivity index (χ2n) is 2.43. The highest BCUT2D eigenvalue weighted by Gasteiger charge is 1.97. The van der Waals surface area contributed by atoms with E-state index in [1.54, 1.807) is 5.57 Å². The summed E-state index contributed by atoms with van der Waals surface area (Å²) < 4.78 is 0. The second kappa shape index (κ2) is 3.21. The van der Waals surface area contributed by atoms with Crippen molar-refractivity contribution in [1.29, 1.82) is 0 Å². The van der Waals surface area contributed by atoms with Crippen LogP contribution in [-0.4, -0.2) is 16.9 Å². The Morgan fingerprint density at radius 3 is 2.89 bits per heavy atom. The maximum atomic E-state index is 2.37. The lowest BCUT2D eigenvalue weighted by Gasteiger charge is -2.10. The molecule has 1 heterocycles.